The van der Waals surface area contributed by atoms with Crippen LogP contribution in [0.2, 0.25) is 0 Å². The standard InChI is InChI=1S/C14H20N2O2/c1-16-6-8-17-12(9-16)13(15)11-4-2-3-10-5-7-18-14(10)11/h2-4,12-13H,5-9,15H2,1H3. The summed E-state index contributed by atoms with van der Waals surface area (Å²) in [5.74, 6) is 0.988. The number of hydrogen-bond acceptors (Lipinski definition) is 4. The quantitative estimate of drug-likeness (QED) is 0.846. The second kappa shape index (κ2) is 4.88. The van der Waals surface area contributed by atoms with Gasteiger partial charge in [-0.25, -0.2) is 0 Å². The fourth-order valence-electron chi connectivity index (χ4n) is 2.73. The second-order valence-electron chi connectivity index (χ2n) is 5.13. The molecule has 18 heavy (non-hydrogen) atoms. The summed E-state index contributed by atoms with van der Waals surface area (Å²) in [6.45, 7) is 3.38. The number of fused-ring (bicyclic) bond motifs is 1. The van der Waals surface area contributed by atoms with Crippen LogP contribution >= 0.6 is 0 Å². The minimum absolute atomic E-state index is 0.0550. The number of nitrogens with zero attached hydrogens (tertiary/aromatic N) is 1. The first-order valence-electron chi connectivity index (χ1n) is 6.56. The monoisotopic (exact) mass is 248 g/mol. The van der Waals surface area contributed by atoms with Gasteiger partial charge in [-0.2, -0.15) is 0 Å². The molecule has 3 rings (SSSR count). The second-order valence-corrected chi connectivity index (χ2v) is 5.13. The molecule has 2 atom stereocenters. The van der Waals surface area contributed by atoms with Crippen molar-refractivity contribution in [3.05, 3.63) is 29.3 Å². The first kappa shape index (κ1) is 12.0. The molecule has 2 heterocycles. The van der Waals surface area contributed by atoms with E-state index in [2.05, 4.69) is 30.1 Å². The van der Waals surface area contributed by atoms with E-state index in [0.29, 0.717) is 0 Å². The third-order valence-electron chi connectivity index (χ3n) is 3.80. The molecule has 1 fully saturated rings. The van der Waals surface area contributed by atoms with Gasteiger partial charge >= 0.3 is 0 Å². The van der Waals surface area contributed by atoms with Crippen molar-refractivity contribution >= 4 is 0 Å². The molecular weight excluding hydrogens is 228 g/mol. The predicted octanol–water partition coefficient (Wildman–Crippen LogP) is 0.952. The van der Waals surface area contributed by atoms with Crippen molar-refractivity contribution in [2.24, 2.45) is 5.73 Å². The van der Waals surface area contributed by atoms with Crippen molar-refractivity contribution < 1.29 is 9.47 Å². The zero-order valence-electron chi connectivity index (χ0n) is 10.8. The van der Waals surface area contributed by atoms with Crippen LogP contribution in [0.1, 0.15) is 17.2 Å². The average Bonchev–Trinajstić information content (AvgIpc) is 2.86. The highest BCUT2D eigenvalue weighted by Gasteiger charge is 2.29. The summed E-state index contributed by atoms with van der Waals surface area (Å²) in [4.78, 5) is 2.26. The molecule has 0 aliphatic carbocycles. The van der Waals surface area contributed by atoms with E-state index in [1.165, 1.54) is 5.56 Å². The molecule has 2 aliphatic rings. The van der Waals surface area contributed by atoms with Gasteiger partial charge in [-0.05, 0) is 12.6 Å². The van der Waals surface area contributed by atoms with Gasteiger partial charge in [0, 0.05) is 25.1 Å². The lowest BCUT2D eigenvalue weighted by Crippen LogP contribution is -2.45. The van der Waals surface area contributed by atoms with E-state index in [0.717, 1.165) is 44.0 Å². The number of para-hydroxylation sites is 1. The molecule has 4 heteroatoms. The minimum atomic E-state index is -0.110. The molecule has 0 saturated carbocycles. The Labute approximate surface area is 108 Å². The van der Waals surface area contributed by atoms with Crippen LogP contribution in [0.5, 0.6) is 5.75 Å². The van der Waals surface area contributed by atoms with Crippen LogP contribution in [0.4, 0.5) is 0 Å². The Morgan fingerprint density at radius 2 is 2.28 bits per heavy atom. The van der Waals surface area contributed by atoms with Crippen LogP contribution in [0.3, 0.4) is 0 Å². The summed E-state index contributed by atoms with van der Waals surface area (Å²) >= 11 is 0. The maximum absolute atomic E-state index is 6.37. The number of benzene rings is 1. The molecule has 0 radical (unpaired) electrons. The predicted molar refractivity (Wildman–Crippen MR) is 69.8 cm³/mol. The van der Waals surface area contributed by atoms with Gasteiger partial charge in [-0.1, -0.05) is 18.2 Å². The maximum atomic E-state index is 6.37. The fourth-order valence-corrected chi connectivity index (χ4v) is 2.73. The number of likely N-dealkylation sites (N-methyl/N-ethyl adjacent to an activating group) is 1. The third kappa shape index (κ3) is 2.11. The smallest absolute Gasteiger partial charge is 0.127 e. The Morgan fingerprint density at radius 3 is 3.11 bits per heavy atom. The molecule has 0 bridgehead atoms. The van der Waals surface area contributed by atoms with Crippen molar-refractivity contribution in [2.45, 2.75) is 18.6 Å². The van der Waals surface area contributed by atoms with Crippen LogP contribution in [0, 0.1) is 0 Å². The SMILES string of the molecule is CN1CCOC(C(N)c2cccc3c2OCC3)C1. The molecule has 4 nitrogen and oxygen atoms in total. The Kier molecular flexibility index (Phi) is 3.24. The van der Waals surface area contributed by atoms with Gasteiger partial charge in [0.25, 0.3) is 0 Å². The molecule has 0 spiro atoms. The average molecular weight is 248 g/mol. The van der Waals surface area contributed by atoms with E-state index in [1.807, 2.05) is 0 Å². The first-order valence-corrected chi connectivity index (χ1v) is 6.56. The van der Waals surface area contributed by atoms with Gasteiger partial charge in [0.05, 0.1) is 25.4 Å². The third-order valence-corrected chi connectivity index (χ3v) is 3.80. The molecule has 2 unspecified atom stereocenters. The summed E-state index contributed by atoms with van der Waals surface area (Å²) in [5, 5.41) is 0. The van der Waals surface area contributed by atoms with Crippen molar-refractivity contribution in [1.29, 1.82) is 0 Å². The van der Waals surface area contributed by atoms with Crippen LogP contribution in [-0.2, 0) is 11.2 Å². The molecule has 1 saturated heterocycles. The summed E-state index contributed by atoms with van der Waals surface area (Å²) in [7, 11) is 2.11. The number of ether oxygens (including phenoxy) is 2. The molecule has 0 amide bonds. The van der Waals surface area contributed by atoms with Crippen molar-refractivity contribution in [3.8, 4) is 5.75 Å². The van der Waals surface area contributed by atoms with Gasteiger partial charge in [-0.3, -0.25) is 0 Å². The van der Waals surface area contributed by atoms with Crippen LogP contribution in [0.15, 0.2) is 18.2 Å². The largest absolute Gasteiger partial charge is 0.493 e. The molecule has 2 N–H and O–H groups in total. The lowest BCUT2D eigenvalue weighted by atomic mass is 9.97. The lowest BCUT2D eigenvalue weighted by Gasteiger charge is -2.34. The normalized spacial score (nSPS) is 25.6. The van der Waals surface area contributed by atoms with Crippen molar-refractivity contribution in [3.63, 3.8) is 0 Å². The molecule has 98 valence electrons. The van der Waals surface area contributed by atoms with Crippen LogP contribution in [0.25, 0.3) is 0 Å². The molecular formula is C14H20N2O2. The van der Waals surface area contributed by atoms with Gasteiger partial charge in [0.15, 0.2) is 0 Å². The lowest BCUT2D eigenvalue weighted by molar-refractivity contribution is -0.0329. The van der Waals surface area contributed by atoms with Gasteiger partial charge in [0.1, 0.15) is 5.75 Å². The Morgan fingerprint density at radius 1 is 1.39 bits per heavy atom. The summed E-state index contributed by atoms with van der Waals surface area (Å²) in [6.07, 6.45) is 1.04. The van der Waals surface area contributed by atoms with E-state index in [-0.39, 0.29) is 12.1 Å². The highest BCUT2D eigenvalue weighted by atomic mass is 16.5. The topological polar surface area (TPSA) is 47.7 Å². The molecule has 0 aromatic heterocycles. The van der Waals surface area contributed by atoms with Gasteiger partial charge < -0.3 is 20.1 Å². The van der Waals surface area contributed by atoms with E-state index in [9.17, 15) is 0 Å². The summed E-state index contributed by atoms with van der Waals surface area (Å²) in [5.41, 5.74) is 8.73. The zero-order chi connectivity index (χ0) is 12.5. The maximum Gasteiger partial charge on any atom is 0.127 e. The van der Waals surface area contributed by atoms with Crippen molar-refractivity contribution in [2.75, 3.05) is 33.4 Å². The minimum Gasteiger partial charge on any atom is -0.493 e. The molecule has 1 aromatic rings. The highest BCUT2D eigenvalue weighted by Crippen LogP contribution is 2.34. The molecule has 2 aliphatic heterocycles. The Hall–Kier alpha value is -1.10. The number of hydrogen-bond donors (Lipinski definition) is 1. The zero-order valence-corrected chi connectivity index (χ0v) is 10.8. The van der Waals surface area contributed by atoms with E-state index in [1.54, 1.807) is 0 Å². The Balaban J connectivity index is 1.84. The van der Waals surface area contributed by atoms with E-state index >= 15 is 0 Å². The number of nitrogens with two attached hydrogens (primary N) is 1. The van der Waals surface area contributed by atoms with Crippen molar-refractivity contribution in [1.82, 2.24) is 4.90 Å². The van der Waals surface area contributed by atoms with Gasteiger partial charge in [0.2, 0.25) is 0 Å². The fraction of sp³-hybridized carbons (Fsp3) is 0.571. The highest BCUT2D eigenvalue weighted by molar-refractivity contribution is 5.46. The number of rotatable bonds is 2. The number of morpholine rings is 1. The molecule has 1 aromatic carbocycles. The summed E-state index contributed by atoms with van der Waals surface area (Å²) < 4.78 is 11.5. The van der Waals surface area contributed by atoms with E-state index in [4.69, 9.17) is 15.2 Å². The van der Waals surface area contributed by atoms with Crippen LogP contribution < -0.4 is 10.5 Å². The van der Waals surface area contributed by atoms with E-state index < -0.39 is 0 Å². The van der Waals surface area contributed by atoms with Crippen LogP contribution in [-0.4, -0.2) is 44.4 Å². The first-order chi connectivity index (χ1) is 8.75. The Bertz CT molecular complexity index is 436. The summed E-state index contributed by atoms with van der Waals surface area (Å²) in [6, 6.07) is 6.13. The van der Waals surface area contributed by atoms with Gasteiger partial charge in [-0.15, -0.1) is 0 Å².